The van der Waals surface area contributed by atoms with Crippen molar-refractivity contribution < 1.29 is 4.74 Å². The third-order valence-electron chi connectivity index (χ3n) is 5.06. The van der Waals surface area contributed by atoms with E-state index in [1.54, 1.807) is 10.5 Å². The Labute approximate surface area is 159 Å². The molecule has 0 saturated carbocycles. The minimum absolute atomic E-state index is 0.00542. The van der Waals surface area contributed by atoms with Gasteiger partial charge in [0.1, 0.15) is 0 Å². The maximum absolute atomic E-state index is 12.8. The predicted octanol–water partition coefficient (Wildman–Crippen LogP) is 3.62. The molecule has 4 rings (SSSR count). The molecule has 0 spiro atoms. The number of aromatic nitrogens is 1. The lowest BCUT2D eigenvalue weighted by Crippen LogP contribution is -2.37. The summed E-state index contributed by atoms with van der Waals surface area (Å²) < 4.78 is 7.21. The molecule has 1 aliphatic heterocycles. The number of nitrogens with zero attached hydrogens (tertiary/aromatic N) is 2. The van der Waals surface area contributed by atoms with E-state index in [4.69, 9.17) is 4.74 Å². The highest BCUT2D eigenvalue weighted by Gasteiger charge is 2.16. The molecule has 1 aliphatic rings. The molecular formula is C22H25N3O2. The van der Waals surface area contributed by atoms with E-state index in [0.29, 0.717) is 13.2 Å². The molecule has 140 valence electrons. The van der Waals surface area contributed by atoms with E-state index in [9.17, 15) is 4.79 Å². The van der Waals surface area contributed by atoms with Crippen LogP contribution in [0.1, 0.15) is 24.1 Å². The highest BCUT2D eigenvalue weighted by molar-refractivity contribution is 5.66. The van der Waals surface area contributed by atoms with Crippen molar-refractivity contribution in [1.29, 1.82) is 0 Å². The topological polar surface area (TPSA) is 46.0 Å². The summed E-state index contributed by atoms with van der Waals surface area (Å²) in [7, 11) is 0. The maximum Gasteiger partial charge on any atom is 0.257 e. The third-order valence-corrected chi connectivity index (χ3v) is 5.06. The van der Waals surface area contributed by atoms with E-state index in [2.05, 4.69) is 41.4 Å². The van der Waals surface area contributed by atoms with Crippen LogP contribution < -0.4 is 15.8 Å². The summed E-state index contributed by atoms with van der Waals surface area (Å²) in [5, 5.41) is 3.55. The van der Waals surface area contributed by atoms with Gasteiger partial charge in [0.25, 0.3) is 5.56 Å². The van der Waals surface area contributed by atoms with E-state index >= 15 is 0 Å². The Hall–Kier alpha value is -2.79. The zero-order chi connectivity index (χ0) is 18.8. The fourth-order valence-corrected chi connectivity index (χ4v) is 3.69. The van der Waals surface area contributed by atoms with Crippen LogP contribution in [0.4, 0.5) is 11.4 Å². The van der Waals surface area contributed by atoms with Crippen molar-refractivity contribution in [1.82, 2.24) is 4.40 Å². The zero-order valence-corrected chi connectivity index (χ0v) is 15.8. The van der Waals surface area contributed by atoms with Crippen LogP contribution >= 0.6 is 0 Å². The number of hydrogen-bond donors (Lipinski definition) is 1. The first-order valence-corrected chi connectivity index (χ1v) is 9.43. The van der Waals surface area contributed by atoms with Crippen molar-refractivity contribution in [3.63, 3.8) is 0 Å². The number of nitrogens with one attached hydrogen (secondary N) is 1. The average molecular weight is 363 g/mol. The highest BCUT2D eigenvalue weighted by Crippen LogP contribution is 2.26. The number of morpholine rings is 1. The number of hydrogen-bond acceptors (Lipinski definition) is 4. The highest BCUT2D eigenvalue weighted by atomic mass is 16.5. The Morgan fingerprint density at radius 3 is 2.56 bits per heavy atom. The number of anilines is 2. The molecular weight excluding hydrogens is 338 g/mol. The van der Waals surface area contributed by atoms with Crippen LogP contribution in [-0.2, 0) is 4.74 Å². The first-order chi connectivity index (χ1) is 13.1. The largest absolute Gasteiger partial charge is 0.378 e. The first kappa shape index (κ1) is 17.6. The minimum Gasteiger partial charge on any atom is -0.378 e. The van der Waals surface area contributed by atoms with Crippen molar-refractivity contribution in [2.24, 2.45) is 0 Å². The molecule has 5 nitrogen and oxygen atoms in total. The lowest BCUT2D eigenvalue weighted by Gasteiger charge is -2.29. The summed E-state index contributed by atoms with van der Waals surface area (Å²) in [5.74, 6) is 0. The molecule has 3 aromatic rings. The van der Waals surface area contributed by atoms with E-state index in [1.165, 1.54) is 0 Å². The number of fused-ring (bicyclic) bond motifs is 1. The number of ether oxygens (including phenoxy) is 1. The van der Waals surface area contributed by atoms with Crippen molar-refractivity contribution >= 4 is 16.9 Å². The minimum atomic E-state index is 0.00542. The molecule has 27 heavy (non-hydrogen) atoms. The molecule has 2 aromatic heterocycles. The van der Waals surface area contributed by atoms with Crippen molar-refractivity contribution in [3.05, 3.63) is 76.2 Å². The average Bonchev–Trinajstić information content (AvgIpc) is 2.69. The Balaban J connectivity index is 1.78. The SMILES string of the molecule is Cc1cc(C(C)Nc2ccccc2)c2cc(N3CCOCC3)cc(=O)n2c1. The first-order valence-electron chi connectivity index (χ1n) is 9.43. The summed E-state index contributed by atoms with van der Waals surface area (Å²) in [4.78, 5) is 15.0. The number of aryl methyl sites for hydroxylation is 1. The third kappa shape index (κ3) is 3.69. The molecule has 1 saturated heterocycles. The van der Waals surface area contributed by atoms with Gasteiger partial charge in [0, 0.05) is 36.7 Å². The summed E-state index contributed by atoms with van der Waals surface area (Å²) in [5.41, 5.74) is 5.18. The summed E-state index contributed by atoms with van der Waals surface area (Å²) in [6.07, 6.45) is 1.92. The zero-order valence-electron chi connectivity index (χ0n) is 15.8. The predicted molar refractivity (Wildman–Crippen MR) is 110 cm³/mol. The Bertz CT molecular complexity index is 992. The molecule has 1 atom stereocenters. The standard InChI is InChI=1S/C22H25N3O2/c1-16-12-20(17(2)23-18-6-4-3-5-7-18)21-13-19(14-22(26)25(21)15-16)24-8-10-27-11-9-24/h3-7,12-15,17,23H,8-11H2,1-2H3. The van der Waals surface area contributed by atoms with Gasteiger partial charge < -0.3 is 15.0 Å². The summed E-state index contributed by atoms with van der Waals surface area (Å²) >= 11 is 0. The van der Waals surface area contributed by atoms with Crippen LogP contribution in [0.15, 0.2) is 59.5 Å². The Morgan fingerprint density at radius 1 is 1.07 bits per heavy atom. The number of rotatable bonds is 4. The van der Waals surface area contributed by atoms with Crippen LogP contribution in [0.5, 0.6) is 0 Å². The molecule has 5 heteroatoms. The molecule has 1 aromatic carbocycles. The lowest BCUT2D eigenvalue weighted by molar-refractivity contribution is 0.122. The van der Waals surface area contributed by atoms with Crippen molar-refractivity contribution in [2.45, 2.75) is 19.9 Å². The van der Waals surface area contributed by atoms with E-state index in [1.807, 2.05) is 31.3 Å². The smallest absolute Gasteiger partial charge is 0.257 e. The molecule has 0 amide bonds. The molecule has 3 heterocycles. The van der Waals surface area contributed by atoms with Crippen molar-refractivity contribution in [3.8, 4) is 0 Å². The summed E-state index contributed by atoms with van der Waals surface area (Å²) in [6.45, 7) is 7.19. The Kier molecular flexibility index (Phi) is 4.86. The van der Waals surface area contributed by atoms with Gasteiger partial charge in [-0.25, -0.2) is 0 Å². The molecule has 0 bridgehead atoms. The van der Waals surface area contributed by atoms with Gasteiger partial charge in [0.2, 0.25) is 0 Å². The lowest BCUT2D eigenvalue weighted by atomic mass is 10.0. The van der Waals surface area contributed by atoms with Gasteiger partial charge in [-0.05, 0) is 43.2 Å². The van der Waals surface area contributed by atoms with Gasteiger partial charge in [-0.2, -0.15) is 0 Å². The molecule has 0 aliphatic carbocycles. The van der Waals surface area contributed by atoms with Crippen LogP contribution in [-0.4, -0.2) is 30.7 Å². The molecule has 0 radical (unpaired) electrons. The maximum atomic E-state index is 12.8. The monoisotopic (exact) mass is 363 g/mol. The van der Waals surface area contributed by atoms with E-state index in [-0.39, 0.29) is 11.6 Å². The van der Waals surface area contributed by atoms with Crippen LogP contribution in [0.25, 0.3) is 5.52 Å². The second-order valence-electron chi connectivity index (χ2n) is 7.11. The second-order valence-corrected chi connectivity index (χ2v) is 7.11. The van der Waals surface area contributed by atoms with Gasteiger partial charge in [-0.15, -0.1) is 0 Å². The van der Waals surface area contributed by atoms with E-state index in [0.717, 1.165) is 41.1 Å². The van der Waals surface area contributed by atoms with Gasteiger partial charge in [-0.1, -0.05) is 24.3 Å². The van der Waals surface area contributed by atoms with Gasteiger partial charge in [-0.3, -0.25) is 9.20 Å². The van der Waals surface area contributed by atoms with Crippen LogP contribution in [0, 0.1) is 6.92 Å². The normalized spacial score (nSPS) is 15.7. The quantitative estimate of drug-likeness (QED) is 0.769. The van der Waals surface area contributed by atoms with E-state index < -0.39 is 0 Å². The van der Waals surface area contributed by atoms with Gasteiger partial charge in [0.15, 0.2) is 0 Å². The number of para-hydroxylation sites is 1. The molecule has 1 unspecified atom stereocenters. The second kappa shape index (κ2) is 7.45. The number of pyridine rings is 2. The fourth-order valence-electron chi connectivity index (χ4n) is 3.69. The summed E-state index contributed by atoms with van der Waals surface area (Å²) in [6, 6.07) is 16.3. The molecule has 1 fully saturated rings. The van der Waals surface area contributed by atoms with Gasteiger partial charge >= 0.3 is 0 Å². The van der Waals surface area contributed by atoms with Gasteiger partial charge in [0.05, 0.1) is 24.8 Å². The van der Waals surface area contributed by atoms with Crippen LogP contribution in [0.2, 0.25) is 0 Å². The number of benzene rings is 1. The van der Waals surface area contributed by atoms with Crippen LogP contribution in [0.3, 0.4) is 0 Å². The fraction of sp³-hybridized carbons (Fsp3) is 0.318. The van der Waals surface area contributed by atoms with Crippen molar-refractivity contribution in [2.75, 3.05) is 36.5 Å². The Morgan fingerprint density at radius 2 is 1.81 bits per heavy atom. The molecule has 1 N–H and O–H groups in total.